The minimum atomic E-state index is -3.81. The first-order chi connectivity index (χ1) is 12.8. The van der Waals surface area contributed by atoms with Crippen molar-refractivity contribution in [2.45, 2.75) is 6.04 Å². The third kappa shape index (κ3) is 3.92. The maximum atomic E-state index is 11.4. The smallest absolute Gasteiger partial charge is 0.264 e. The van der Waals surface area contributed by atoms with Crippen molar-refractivity contribution in [3.8, 4) is 11.5 Å². The Balaban J connectivity index is 1.45. The number of thioether (sulfide) groups is 1. The highest BCUT2D eigenvalue weighted by molar-refractivity contribution is 8.42. The van der Waals surface area contributed by atoms with Gasteiger partial charge in [-0.25, -0.2) is 18.6 Å². The minimum absolute atomic E-state index is 0.134. The van der Waals surface area contributed by atoms with Crippen molar-refractivity contribution in [3.05, 3.63) is 58.1 Å². The number of rotatable bonds is 3. The number of halogens is 2. The van der Waals surface area contributed by atoms with Crippen molar-refractivity contribution in [2.75, 3.05) is 6.54 Å². The number of sulfonamides is 1. The molecule has 0 fully saturated rings. The molecule has 0 spiro atoms. The minimum Gasteiger partial charge on any atom is -0.457 e. The van der Waals surface area contributed by atoms with Gasteiger partial charge in [-0.15, -0.1) is 5.10 Å². The van der Waals surface area contributed by atoms with Crippen LogP contribution in [0, 0.1) is 0 Å². The van der Waals surface area contributed by atoms with Gasteiger partial charge in [-0.1, -0.05) is 35.3 Å². The first kappa shape index (κ1) is 18.6. The number of aliphatic imine (C=N–C) groups is 1. The van der Waals surface area contributed by atoms with Gasteiger partial charge in [0.25, 0.3) is 10.0 Å². The van der Waals surface area contributed by atoms with Crippen LogP contribution in [0.15, 0.2) is 52.6 Å². The lowest BCUT2D eigenvalue weighted by atomic mass is 10.1. The van der Waals surface area contributed by atoms with E-state index in [-0.39, 0.29) is 10.4 Å². The fraction of sp³-hybridized carbons (Fsp3) is 0.125. The van der Waals surface area contributed by atoms with Crippen molar-refractivity contribution < 1.29 is 13.2 Å². The van der Waals surface area contributed by atoms with E-state index in [2.05, 4.69) is 10.1 Å². The molecule has 2 aliphatic rings. The van der Waals surface area contributed by atoms with Crippen molar-refractivity contribution in [1.29, 1.82) is 0 Å². The molecule has 0 bridgehead atoms. The number of primary sulfonamides is 1. The molecule has 2 heterocycles. The van der Waals surface area contributed by atoms with Crippen LogP contribution in [0.25, 0.3) is 0 Å². The van der Waals surface area contributed by atoms with Gasteiger partial charge in [0.2, 0.25) is 4.38 Å². The summed E-state index contributed by atoms with van der Waals surface area (Å²) in [7, 11) is -3.81. The zero-order valence-corrected chi connectivity index (χ0v) is 16.7. The Hall–Kier alpha value is -1.78. The molecule has 2 aliphatic heterocycles. The van der Waals surface area contributed by atoms with Gasteiger partial charge in [-0.05, 0) is 41.6 Å². The van der Waals surface area contributed by atoms with Crippen LogP contribution in [0.5, 0.6) is 11.5 Å². The van der Waals surface area contributed by atoms with Gasteiger partial charge in [0.05, 0.1) is 22.6 Å². The number of amidine groups is 1. The lowest BCUT2D eigenvalue weighted by molar-refractivity contribution is 0.461. The van der Waals surface area contributed by atoms with E-state index in [4.69, 9.17) is 33.1 Å². The molecule has 0 amide bonds. The van der Waals surface area contributed by atoms with E-state index in [0.717, 1.165) is 17.3 Å². The summed E-state index contributed by atoms with van der Waals surface area (Å²) >= 11 is 12.8. The van der Waals surface area contributed by atoms with Gasteiger partial charge in [-0.3, -0.25) is 4.99 Å². The fourth-order valence-electron chi connectivity index (χ4n) is 2.57. The topological polar surface area (TPSA) is 97.4 Å². The number of fused-ring (bicyclic) bond motifs is 1. The molecule has 0 saturated carbocycles. The largest absolute Gasteiger partial charge is 0.457 e. The predicted octanol–water partition coefficient (Wildman–Crippen LogP) is 3.80. The van der Waals surface area contributed by atoms with Gasteiger partial charge in [0, 0.05) is 6.07 Å². The van der Waals surface area contributed by atoms with Gasteiger partial charge >= 0.3 is 0 Å². The SMILES string of the molecule is NS(=O)(=O)C1=NN2CC(c3ccc(Oc4ccc(Cl)c(Cl)c4)cc3)N=C2S1. The molecule has 2 aromatic rings. The molecule has 140 valence electrons. The van der Waals surface area contributed by atoms with Gasteiger partial charge in [-0.2, -0.15) is 0 Å². The van der Waals surface area contributed by atoms with Crippen LogP contribution in [-0.2, 0) is 10.0 Å². The highest BCUT2D eigenvalue weighted by Gasteiger charge is 2.36. The molecule has 1 atom stereocenters. The van der Waals surface area contributed by atoms with Crippen LogP contribution >= 0.6 is 35.0 Å². The predicted molar refractivity (Wildman–Crippen MR) is 108 cm³/mol. The second kappa shape index (κ2) is 6.99. The average Bonchev–Trinajstić information content (AvgIpc) is 3.18. The van der Waals surface area contributed by atoms with E-state index in [9.17, 15) is 8.42 Å². The van der Waals surface area contributed by atoms with Crippen molar-refractivity contribution >= 4 is 54.5 Å². The quantitative estimate of drug-likeness (QED) is 0.778. The van der Waals surface area contributed by atoms with E-state index >= 15 is 0 Å². The van der Waals surface area contributed by atoms with Gasteiger partial charge in [0.1, 0.15) is 11.5 Å². The summed E-state index contributed by atoms with van der Waals surface area (Å²) in [5.74, 6) is 1.23. The van der Waals surface area contributed by atoms with Crippen LogP contribution in [-0.4, -0.2) is 29.5 Å². The molecular formula is C16H12Cl2N4O3S2. The zero-order valence-electron chi connectivity index (χ0n) is 13.5. The monoisotopic (exact) mass is 442 g/mol. The van der Waals surface area contributed by atoms with Crippen LogP contribution in [0.1, 0.15) is 11.6 Å². The number of nitrogens with zero attached hydrogens (tertiary/aromatic N) is 3. The van der Waals surface area contributed by atoms with Crippen LogP contribution in [0.2, 0.25) is 10.0 Å². The lowest BCUT2D eigenvalue weighted by Gasteiger charge is -2.11. The molecule has 2 N–H and O–H groups in total. The standard InChI is InChI=1S/C16H12Cl2N4O3S2/c17-12-6-5-11(7-13(12)18)25-10-3-1-9(2-4-10)14-8-22-15(20-14)26-16(21-22)27(19,23)24/h1-7,14H,8H2,(H2,19,23,24). The molecule has 1 unspecified atom stereocenters. The molecule has 0 saturated heterocycles. The summed E-state index contributed by atoms with van der Waals surface area (Å²) in [5.41, 5.74) is 0.964. The first-order valence-corrected chi connectivity index (χ1v) is 10.8. The normalized spacial score (nSPS) is 18.9. The summed E-state index contributed by atoms with van der Waals surface area (Å²) in [6.45, 7) is 0.453. The maximum Gasteiger partial charge on any atom is 0.264 e. The Morgan fingerprint density at radius 2 is 1.81 bits per heavy atom. The van der Waals surface area contributed by atoms with Crippen LogP contribution in [0.4, 0.5) is 0 Å². The molecular weight excluding hydrogens is 431 g/mol. The van der Waals surface area contributed by atoms with Crippen molar-refractivity contribution in [3.63, 3.8) is 0 Å². The molecule has 0 aliphatic carbocycles. The summed E-state index contributed by atoms with van der Waals surface area (Å²) in [6.07, 6.45) is 0. The van der Waals surface area contributed by atoms with Crippen molar-refractivity contribution in [2.24, 2.45) is 15.2 Å². The lowest BCUT2D eigenvalue weighted by Crippen LogP contribution is -2.20. The van der Waals surface area contributed by atoms with E-state index in [0.29, 0.717) is 33.3 Å². The number of hydrogen-bond acceptors (Lipinski definition) is 7. The van der Waals surface area contributed by atoms with Crippen LogP contribution in [0.3, 0.4) is 0 Å². The highest BCUT2D eigenvalue weighted by Crippen LogP contribution is 2.35. The summed E-state index contributed by atoms with van der Waals surface area (Å²) in [5, 5.41) is 12.1. The second-order valence-corrected chi connectivity index (χ2v) is 9.28. The highest BCUT2D eigenvalue weighted by atomic mass is 35.5. The Bertz CT molecular complexity index is 1070. The second-order valence-electron chi connectivity index (χ2n) is 5.77. The summed E-state index contributed by atoms with van der Waals surface area (Å²) in [4.78, 5) is 4.52. The van der Waals surface area contributed by atoms with Gasteiger partial charge < -0.3 is 4.74 Å². The van der Waals surface area contributed by atoms with E-state index in [1.165, 1.54) is 0 Å². The van der Waals surface area contributed by atoms with E-state index in [1.54, 1.807) is 23.2 Å². The van der Waals surface area contributed by atoms with E-state index < -0.39 is 10.0 Å². The molecule has 11 heteroatoms. The zero-order chi connectivity index (χ0) is 19.2. The summed E-state index contributed by atoms with van der Waals surface area (Å²) < 4.78 is 28.3. The maximum absolute atomic E-state index is 11.4. The van der Waals surface area contributed by atoms with Gasteiger partial charge in [0.15, 0.2) is 5.17 Å². The number of hydrazone groups is 1. The number of ether oxygens (including phenoxy) is 1. The molecule has 27 heavy (non-hydrogen) atoms. The first-order valence-electron chi connectivity index (χ1n) is 7.67. The Morgan fingerprint density at radius 1 is 1.11 bits per heavy atom. The number of nitrogens with two attached hydrogens (primary N) is 1. The Morgan fingerprint density at radius 3 is 2.44 bits per heavy atom. The third-order valence-electron chi connectivity index (χ3n) is 3.85. The fourth-order valence-corrected chi connectivity index (χ4v) is 4.46. The van der Waals surface area contributed by atoms with Crippen molar-refractivity contribution in [1.82, 2.24) is 5.01 Å². The average molecular weight is 443 g/mol. The Kier molecular flexibility index (Phi) is 4.81. The molecule has 2 aromatic carbocycles. The molecule has 0 radical (unpaired) electrons. The summed E-state index contributed by atoms with van der Waals surface area (Å²) in [6, 6.07) is 12.4. The number of hydrogen-bond donors (Lipinski definition) is 1. The number of benzene rings is 2. The molecule has 0 aromatic heterocycles. The Labute approximate surface area is 169 Å². The van der Waals surface area contributed by atoms with Crippen LogP contribution < -0.4 is 9.88 Å². The third-order valence-corrected chi connectivity index (χ3v) is 6.86. The molecule has 4 rings (SSSR count). The van der Waals surface area contributed by atoms with E-state index in [1.807, 2.05) is 24.3 Å². The molecule has 7 nitrogen and oxygen atoms in total.